The molecule has 1 rings (SSSR count). The average Bonchev–Trinajstić information content (AvgIpc) is 2.65. The van der Waals surface area contributed by atoms with Gasteiger partial charge >= 0.3 is 0 Å². The van der Waals surface area contributed by atoms with Crippen LogP contribution >= 0.6 is 0 Å². The summed E-state index contributed by atoms with van der Waals surface area (Å²) >= 11 is 0. The molecule has 3 heteroatoms. The lowest BCUT2D eigenvalue weighted by atomic mass is 9.91. The van der Waals surface area contributed by atoms with Gasteiger partial charge in [0.15, 0.2) is 0 Å². The molecule has 2 N–H and O–H groups in total. The third-order valence-electron chi connectivity index (χ3n) is 3.16. The first-order chi connectivity index (χ1) is 7.17. The summed E-state index contributed by atoms with van der Waals surface area (Å²) in [5.41, 5.74) is 6.54. The van der Waals surface area contributed by atoms with Crippen LogP contribution in [0.5, 0.6) is 0 Å². The molecule has 0 amide bonds. The van der Waals surface area contributed by atoms with Gasteiger partial charge in [0.25, 0.3) is 0 Å². The first-order valence-corrected chi connectivity index (χ1v) is 5.89. The van der Waals surface area contributed by atoms with Crippen LogP contribution in [0.2, 0.25) is 0 Å². The van der Waals surface area contributed by atoms with Gasteiger partial charge < -0.3 is 10.3 Å². The van der Waals surface area contributed by atoms with Gasteiger partial charge in [-0.05, 0) is 18.8 Å². The van der Waals surface area contributed by atoms with Gasteiger partial charge in [-0.25, -0.2) is 0 Å². The van der Waals surface area contributed by atoms with Crippen molar-refractivity contribution in [2.24, 2.45) is 5.92 Å². The van der Waals surface area contributed by atoms with E-state index in [2.05, 4.69) is 25.9 Å². The topological polar surface area (TPSA) is 52.0 Å². The van der Waals surface area contributed by atoms with Gasteiger partial charge in [0, 0.05) is 12.0 Å². The molecule has 1 aromatic heterocycles. The molecule has 86 valence electrons. The van der Waals surface area contributed by atoms with Crippen molar-refractivity contribution in [3.05, 3.63) is 11.8 Å². The van der Waals surface area contributed by atoms with E-state index in [1.807, 2.05) is 6.07 Å². The summed E-state index contributed by atoms with van der Waals surface area (Å²) in [6.07, 6.45) is 4.78. The molecule has 0 saturated heterocycles. The highest BCUT2D eigenvalue weighted by atomic mass is 16.5. The molecule has 1 unspecified atom stereocenters. The van der Waals surface area contributed by atoms with Crippen molar-refractivity contribution in [2.45, 2.75) is 52.4 Å². The summed E-state index contributed by atoms with van der Waals surface area (Å²) in [4.78, 5) is 0. The summed E-state index contributed by atoms with van der Waals surface area (Å²) < 4.78 is 4.91. The largest absolute Gasteiger partial charge is 0.368 e. The lowest BCUT2D eigenvalue weighted by molar-refractivity contribution is 0.400. The van der Waals surface area contributed by atoms with Crippen molar-refractivity contribution in [2.75, 3.05) is 5.73 Å². The SMILES string of the molecule is CCC(C)CC[C@@H](CC)c1cc(N)on1. The molecular formula is C12H22N2O. The molecule has 1 heterocycles. The Morgan fingerprint density at radius 1 is 1.33 bits per heavy atom. The van der Waals surface area contributed by atoms with Crippen LogP contribution in [0, 0.1) is 5.92 Å². The number of nitrogen functional groups attached to an aromatic ring is 1. The van der Waals surface area contributed by atoms with E-state index in [-0.39, 0.29) is 0 Å². The number of aromatic nitrogens is 1. The van der Waals surface area contributed by atoms with Crippen molar-refractivity contribution < 1.29 is 4.52 Å². The zero-order valence-electron chi connectivity index (χ0n) is 9.99. The van der Waals surface area contributed by atoms with Gasteiger partial charge in [0.05, 0.1) is 5.69 Å². The van der Waals surface area contributed by atoms with Crippen molar-refractivity contribution in [3.8, 4) is 0 Å². The van der Waals surface area contributed by atoms with Crippen molar-refractivity contribution in [3.63, 3.8) is 0 Å². The van der Waals surface area contributed by atoms with Gasteiger partial charge in [-0.15, -0.1) is 0 Å². The van der Waals surface area contributed by atoms with E-state index in [0.717, 1.165) is 18.0 Å². The second-order valence-corrected chi connectivity index (χ2v) is 4.35. The Morgan fingerprint density at radius 2 is 2.07 bits per heavy atom. The van der Waals surface area contributed by atoms with Gasteiger partial charge in [-0.2, -0.15) is 0 Å². The summed E-state index contributed by atoms with van der Waals surface area (Å²) in [5, 5.41) is 3.99. The van der Waals surface area contributed by atoms with Crippen LogP contribution in [-0.2, 0) is 0 Å². The fourth-order valence-electron chi connectivity index (χ4n) is 1.75. The van der Waals surface area contributed by atoms with E-state index >= 15 is 0 Å². The van der Waals surface area contributed by atoms with Crippen LogP contribution in [0.4, 0.5) is 5.88 Å². The molecule has 0 aliphatic carbocycles. The number of anilines is 1. The van der Waals surface area contributed by atoms with Crippen molar-refractivity contribution in [1.29, 1.82) is 0 Å². The summed E-state index contributed by atoms with van der Waals surface area (Å²) in [6.45, 7) is 6.72. The predicted octanol–water partition coefficient (Wildman–Crippen LogP) is 3.58. The highest BCUT2D eigenvalue weighted by Crippen LogP contribution is 2.27. The van der Waals surface area contributed by atoms with Crippen LogP contribution < -0.4 is 5.73 Å². The molecule has 1 aromatic rings. The minimum atomic E-state index is 0.423. The van der Waals surface area contributed by atoms with E-state index in [0.29, 0.717) is 11.8 Å². The fraction of sp³-hybridized carbons (Fsp3) is 0.750. The zero-order valence-corrected chi connectivity index (χ0v) is 9.99. The Balaban J connectivity index is 2.49. The zero-order chi connectivity index (χ0) is 11.3. The minimum Gasteiger partial charge on any atom is -0.368 e. The predicted molar refractivity (Wildman–Crippen MR) is 62.6 cm³/mol. The molecule has 0 aliphatic heterocycles. The van der Waals surface area contributed by atoms with Crippen LogP contribution in [0.25, 0.3) is 0 Å². The standard InChI is InChI=1S/C12H22N2O/c1-4-9(3)6-7-10(5-2)11-8-12(13)15-14-11/h8-10H,4-7,13H2,1-3H3/t9?,10-/m1/s1. The Hall–Kier alpha value is -0.990. The quantitative estimate of drug-likeness (QED) is 0.780. The van der Waals surface area contributed by atoms with Crippen LogP contribution in [0.15, 0.2) is 10.6 Å². The first kappa shape index (κ1) is 12.1. The Morgan fingerprint density at radius 3 is 2.53 bits per heavy atom. The van der Waals surface area contributed by atoms with Crippen LogP contribution in [0.1, 0.15) is 58.1 Å². The second kappa shape index (κ2) is 5.79. The third-order valence-corrected chi connectivity index (χ3v) is 3.16. The number of hydrogen-bond donors (Lipinski definition) is 1. The second-order valence-electron chi connectivity index (χ2n) is 4.35. The molecule has 0 aliphatic rings. The molecule has 0 aromatic carbocycles. The van der Waals surface area contributed by atoms with E-state index in [1.165, 1.54) is 19.3 Å². The Kier molecular flexibility index (Phi) is 4.66. The van der Waals surface area contributed by atoms with Crippen LogP contribution in [-0.4, -0.2) is 5.16 Å². The molecule has 0 radical (unpaired) electrons. The molecule has 2 atom stereocenters. The summed E-state index contributed by atoms with van der Waals surface area (Å²) in [5.74, 6) is 1.72. The third kappa shape index (κ3) is 3.57. The summed E-state index contributed by atoms with van der Waals surface area (Å²) in [6, 6.07) is 1.85. The number of nitrogens with zero attached hydrogens (tertiary/aromatic N) is 1. The van der Waals surface area contributed by atoms with Gasteiger partial charge in [-0.1, -0.05) is 38.8 Å². The van der Waals surface area contributed by atoms with E-state index in [9.17, 15) is 0 Å². The van der Waals surface area contributed by atoms with Crippen molar-refractivity contribution >= 4 is 5.88 Å². The van der Waals surface area contributed by atoms with Crippen LogP contribution in [0.3, 0.4) is 0 Å². The van der Waals surface area contributed by atoms with Crippen molar-refractivity contribution in [1.82, 2.24) is 5.16 Å². The molecule has 3 nitrogen and oxygen atoms in total. The summed E-state index contributed by atoms with van der Waals surface area (Å²) in [7, 11) is 0. The van der Waals surface area contributed by atoms with Gasteiger partial charge in [0.2, 0.25) is 5.88 Å². The fourth-order valence-corrected chi connectivity index (χ4v) is 1.75. The Bertz CT molecular complexity index is 283. The molecule has 0 bridgehead atoms. The monoisotopic (exact) mass is 210 g/mol. The molecule has 0 fully saturated rings. The highest BCUT2D eigenvalue weighted by molar-refractivity contribution is 5.26. The maximum absolute atomic E-state index is 5.52. The van der Waals surface area contributed by atoms with Gasteiger partial charge in [0.1, 0.15) is 0 Å². The van der Waals surface area contributed by atoms with E-state index in [1.54, 1.807) is 0 Å². The number of rotatable bonds is 6. The lowest BCUT2D eigenvalue weighted by Crippen LogP contribution is -2.01. The Labute approximate surface area is 92.0 Å². The van der Waals surface area contributed by atoms with Gasteiger partial charge in [-0.3, -0.25) is 0 Å². The first-order valence-electron chi connectivity index (χ1n) is 5.89. The molecule has 0 spiro atoms. The van der Waals surface area contributed by atoms with E-state index < -0.39 is 0 Å². The highest BCUT2D eigenvalue weighted by Gasteiger charge is 2.14. The normalized spacial score (nSPS) is 15.1. The van der Waals surface area contributed by atoms with E-state index in [4.69, 9.17) is 10.3 Å². The smallest absolute Gasteiger partial charge is 0.222 e. The number of nitrogens with two attached hydrogens (primary N) is 1. The average molecular weight is 210 g/mol. The maximum atomic E-state index is 5.52. The number of hydrogen-bond acceptors (Lipinski definition) is 3. The lowest BCUT2D eigenvalue weighted by Gasteiger charge is -2.14. The minimum absolute atomic E-state index is 0.423. The molecule has 15 heavy (non-hydrogen) atoms. The maximum Gasteiger partial charge on any atom is 0.222 e. The molecule has 0 saturated carbocycles. The molecular weight excluding hydrogens is 188 g/mol.